The molecule has 3 atom stereocenters. The number of alkyl halides is 7. The lowest BCUT2D eigenvalue weighted by Gasteiger charge is -2.27. The van der Waals surface area contributed by atoms with Gasteiger partial charge in [-0.3, -0.25) is 54.4 Å². The number of hydrogen-bond acceptors (Lipinski definition) is 21. The van der Waals surface area contributed by atoms with Crippen LogP contribution in [0.3, 0.4) is 0 Å². The molecule has 0 bridgehead atoms. The highest BCUT2D eigenvalue weighted by Gasteiger charge is 2.72. The fourth-order valence-corrected chi connectivity index (χ4v) is 5.82. The molecular weight excluding hydrogens is 1270 g/mol. The standard InChI is InChI=1S/C9H17NO4.C8H7NO5.C8H11O3P.C7H3N3O8.C4HBrClF5O2.C4H9NO5S/c1-5-9(10,6(11)12)7(13)14-8(2,3)4;10-8(11)5-14-7-4-2-1-3-6(7)9(12)13;1-2-7-3-5-8(6-4-7)12(9,10)11;11-7(12)6-4(9(15)16)1-3(8(13)14)2-5(6)10(17)18;5-3(9,4(6,10)11)2(7,8)1(12)13;5-3(4(6)7)1-2-11(8,9)10/h5,10H2,1-4H3,(H,11,12);1-4H,5H2,(H,10,11);3-6H,2H2,1H3,(H2,9,10,11);1-2H,(H,11,12);(H,12,13);3H,1-2,5H2,(H,6,7)(H,8,9,10)/i2D;;;;;. The monoisotopic (exact) mass is 1320 g/mol. The molecule has 12 N–H and O–H groups in total. The zero-order chi connectivity index (χ0) is 66.2. The number of nitrogens with two attached hydrogens (primary N) is 2. The van der Waals surface area contributed by atoms with Crippen LogP contribution in [-0.4, -0.2) is 149 Å². The van der Waals surface area contributed by atoms with Crippen molar-refractivity contribution in [3.8, 4) is 5.75 Å². The van der Waals surface area contributed by atoms with Crippen LogP contribution >= 0.6 is 35.1 Å². The van der Waals surface area contributed by atoms with Crippen molar-refractivity contribution in [2.45, 2.75) is 86.9 Å². The van der Waals surface area contributed by atoms with E-state index in [1.54, 1.807) is 12.1 Å². The summed E-state index contributed by atoms with van der Waals surface area (Å²) in [5, 5.41) is 78.8. The van der Waals surface area contributed by atoms with Crippen molar-refractivity contribution in [2.75, 3.05) is 12.4 Å². The molecule has 0 heterocycles. The smallest absolute Gasteiger partial charge is 0.393 e. The third kappa shape index (κ3) is 27.2. The fraction of sp³-hybridized carbons (Fsp3) is 0.400. The number of carbonyl (C=O) groups is 6. The van der Waals surface area contributed by atoms with Crippen molar-refractivity contribution in [1.29, 1.82) is 0 Å². The first-order valence-electron chi connectivity index (χ1n) is 21.7. The van der Waals surface area contributed by atoms with E-state index < -0.39 is 141 Å². The SMILES string of the molecule is CCc1ccc(P(=O)(O)O)cc1.NC(CCS(=O)(=O)O)C(=O)O.O=C(O)C(F)(F)C(F)(Br)C(F)(F)Cl.O=C(O)COc1ccccc1[N+](=O)[O-].O=C(O)c1c([N+](=O)[O-])cc([N+](=O)[O-])cc1[N+](=O)[O-].[2H]CC(C)(C)OC(=O)C(N)(CC)C(=O)O. The Kier molecular flexibility index (Phi) is 30.4. The summed E-state index contributed by atoms with van der Waals surface area (Å²) in [5.74, 6) is -15.9. The maximum absolute atomic E-state index is 12.5. The first kappa shape index (κ1) is 76.3. The van der Waals surface area contributed by atoms with E-state index >= 15 is 0 Å². The number of esters is 1. The van der Waals surface area contributed by atoms with Gasteiger partial charge < -0.3 is 56.3 Å². The number of carboxylic acid groups (broad SMARTS) is 5. The minimum Gasteiger partial charge on any atom is -0.480 e. The molecule has 0 aliphatic carbocycles. The molecule has 82 heavy (non-hydrogen) atoms. The first-order chi connectivity index (χ1) is 37.4. The molecule has 460 valence electrons. The lowest BCUT2D eigenvalue weighted by molar-refractivity contribution is -0.403. The lowest BCUT2D eigenvalue weighted by atomic mass is 9.98. The number of halogens is 7. The fourth-order valence-electron chi connectivity index (χ4n) is 4.44. The minimum atomic E-state index is -5.34. The number of benzene rings is 3. The number of ether oxygens (including phenoxy) is 2. The molecular formula is C40H48BrClF5N6O27PS. The van der Waals surface area contributed by atoms with Gasteiger partial charge in [0.2, 0.25) is 11.1 Å². The summed E-state index contributed by atoms with van der Waals surface area (Å²) in [5.41, 5.74) is 3.61. The normalized spacial score (nSPS) is 13.1. The van der Waals surface area contributed by atoms with Crippen LogP contribution in [0.1, 0.15) is 64.7 Å². The second-order valence-electron chi connectivity index (χ2n) is 15.7. The lowest BCUT2D eigenvalue weighted by Crippen LogP contribution is -2.56. The zero-order valence-electron chi connectivity index (χ0n) is 42.9. The van der Waals surface area contributed by atoms with Crippen LogP contribution in [0.25, 0.3) is 0 Å². The number of nitro benzene ring substituents is 4. The van der Waals surface area contributed by atoms with Crippen LogP contribution in [0.4, 0.5) is 44.7 Å². The number of nitrogens with zero attached hydrogens (tertiary/aromatic N) is 4. The number of rotatable bonds is 20. The summed E-state index contributed by atoms with van der Waals surface area (Å²) in [7, 11) is -8.14. The number of non-ortho nitro benzene ring substituents is 1. The molecule has 0 aromatic heterocycles. The number of aromatic carboxylic acids is 1. The van der Waals surface area contributed by atoms with E-state index in [-0.39, 0.29) is 36.5 Å². The highest BCUT2D eigenvalue weighted by Crippen LogP contribution is 2.51. The molecule has 42 heteroatoms. The van der Waals surface area contributed by atoms with Crippen molar-refractivity contribution in [3.63, 3.8) is 0 Å². The number of aryl methyl sites for hydroxylation is 1. The molecule has 0 spiro atoms. The molecule has 3 unspecified atom stereocenters. The zero-order valence-corrected chi connectivity index (χ0v) is 45.9. The second kappa shape index (κ2) is 32.7. The summed E-state index contributed by atoms with van der Waals surface area (Å²) < 4.78 is 112. The second-order valence-corrected chi connectivity index (χ2v) is 20.4. The molecule has 0 fully saturated rings. The van der Waals surface area contributed by atoms with Crippen molar-refractivity contribution in [3.05, 3.63) is 112 Å². The molecule has 0 radical (unpaired) electrons. The molecule has 0 amide bonds. The number of hydrogen-bond donors (Lipinski definition) is 10. The van der Waals surface area contributed by atoms with Crippen LogP contribution < -0.4 is 21.5 Å². The summed E-state index contributed by atoms with van der Waals surface area (Å²) in [6, 6.07) is 11.5. The quantitative estimate of drug-likeness (QED) is 0.0104. The van der Waals surface area contributed by atoms with Gasteiger partial charge in [-0.05, 0) is 91.3 Å². The van der Waals surface area contributed by atoms with E-state index in [1.165, 1.54) is 73.1 Å². The maximum Gasteiger partial charge on any atom is 0.393 e. The van der Waals surface area contributed by atoms with Gasteiger partial charge in [0.25, 0.3) is 27.2 Å². The van der Waals surface area contributed by atoms with Crippen molar-refractivity contribution in [2.24, 2.45) is 11.5 Å². The Labute approximate surface area is 470 Å². The molecule has 0 saturated carbocycles. The number of aliphatic carboxylic acids is 4. The summed E-state index contributed by atoms with van der Waals surface area (Å²) >= 11 is 5.20. The number of carbonyl (C=O) groups excluding carboxylic acids is 1. The van der Waals surface area contributed by atoms with Crippen molar-refractivity contribution >= 4 is 109 Å². The van der Waals surface area contributed by atoms with Gasteiger partial charge in [0.05, 0.1) is 42.9 Å². The van der Waals surface area contributed by atoms with Gasteiger partial charge in [-0.15, -0.1) is 0 Å². The Bertz CT molecular complexity index is 2960. The largest absolute Gasteiger partial charge is 0.480 e. The molecule has 0 aliphatic heterocycles. The average molecular weight is 1320 g/mol. The topological polar surface area (TPSA) is 559 Å². The predicted molar refractivity (Wildman–Crippen MR) is 271 cm³/mol. The van der Waals surface area contributed by atoms with E-state index in [1.807, 2.05) is 6.92 Å². The van der Waals surface area contributed by atoms with Crippen LogP contribution in [0.5, 0.6) is 5.75 Å². The van der Waals surface area contributed by atoms with E-state index in [0.29, 0.717) is 12.1 Å². The molecule has 3 aromatic rings. The van der Waals surface area contributed by atoms with Crippen LogP contribution in [-0.2, 0) is 49.8 Å². The Morgan fingerprint density at radius 1 is 0.805 bits per heavy atom. The average Bonchev–Trinajstić information content (AvgIpc) is 3.36. The van der Waals surface area contributed by atoms with Gasteiger partial charge in [-0.1, -0.05) is 38.1 Å². The van der Waals surface area contributed by atoms with Gasteiger partial charge >= 0.3 is 65.0 Å². The van der Waals surface area contributed by atoms with E-state index in [4.69, 9.17) is 62.2 Å². The van der Waals surface area contributed by atoms with Crippen LogP contribution in [0, 0.1) is 40.5 Å². The summed E-state index contributed by atoms with van der Waals surface area (Å²) in [4.78, 5) is 118. The third-order valence-electron chi connectivity index (χ3n) is 8.69. The van der Waals surface area contributed by atoms with Crippen molar-refractivity contribution < 1.29 is 134 Å². The van der Waals surface area contributed by atoms with Crippen molar-refractivity contribution in [1.82, 2.24) is 0 Å². The van der Waals surface area contributed by atoms with Gasteiger partial charge in [0.15, 0.2) is 12.4 Å². The van der Waals surface area contributed by atoms with E-state index in [0.717, 1.165) is 12.0 Å². The third-order valence-corrected chi connectivity index (χ3v) is 11.9. The first-order valence-corrected chi connectivity index (χ1v) is 25.4. The molecule has 3 aromatic carbocycles. The van der Waals surface area contributed by atoms with Gasteiger partial charge in [-0.25, -0.2) is 28.4 Å². The number of para-hydroxylation sites is 2. The predicted octanol–water partition coefficient (Wildman–Crippen LogP) is 5.01. The summed E-state index contributed by atoms with van der Waals surface area (Å²) in [6.07, 6.45) is 0.533. The highest BCUT2D eigenvalue weighted by molar-refractivity contribution is 9.10. The highest BCUT2D eigenvalue weighted by atomic mass is 79.9. The van der Waals surface area contributed by atoms with Gasteiger partial charge in [0, 0.05) is 7.44 Å². The number of carboxylic acids is 5. The van der Waals surface area contributed by atoms with E-state index in [9.17, 15) is 104 Å². The Hall–Kier alpha value is -7.72. The van der Waals surface area contributed by atoms with Gasteiger partial charge in [0.1, 0.15) is 11.6 Å². The Morgan fingerprint density at radius 2 is 1.26 bits per heavy atom. The van der Waals surface area contributed by atoms with Gasteiger partial charge in [-0.2, -0.15) is 26.0 Å². The van der Waals surface area contributed by atoms with E-state index in [2.05, 4.69) is 11.6 Å². The molecule has 33 nitrogen and oxygen atoms in total. The minimum absolute atomic E-state index is 0.0418. The van der Waals surface area contributed by atoms with Crippen LogP contribution in [0.2, 0.25) is 0 Å². The van der Waals surface area contributed by atoms with Crippen LogP contribution in [0.15, 0.2) is 60.7 Å². The number of nitro groups is 4. The molecule has 0 aliphatic rings. The Balaban J connectivity index is -0.000000932. The Morgan fingerprint density at radius 3 is 1.55 bits per heavy atom. The molecule has 3 rings (SSSR count). The maximum atomic E-state index is 12.5. The molecule has 0 saturated heterocycles. The summed E-state index contributed by atoms with van der Waals surface area (Å²) in [6.45, 7) is 5.78.